The van der Waals surface area contributed by atoms with Gasteiger partial charge in [-0.05, 0) is 49.4 Å². The molecule has 0 amide bonds. The van der Waals surface area contributed by atoms with E-state index in [0.29, 0.717) is 0 Å². The number of aromatic nitrogens is 2. The van der Waals surface area contributed by atoms with E-state index in [4.69, 9.17) is 0 Å². The zero-order chi connectivity index (χ0) is 16.7. The summed E-state index contributed by atoms with van der Waals surface area (Å²) >= 11 is 1.75. The quantitative estimate of drug-likeness (QED) is 0.678. The van der Waals surface area contributed by atoms with Gasteiger partial charge in [0.2, 0.25) is 0 Å². The van der Waals surface area contributed by atoms with E-state index in [-0.39, 0.29) is 11.8 Å². The average Bonchev–Trinajstić information content (AvgIpc) is 3.16. The van der Waals surface area contributed by atoms with E-state index in [1.54, 1.807) is 41.9 Å². The third kappa shape index (κ3) is 2.61. The minimum atomic E-state index is -0.692. The molecule has 0 fully saturated rings. The first-order valence-electron chi connectivity index (χ1n) is 8.12. The van der Waals surface area contributed by atoms with Gasteiger partial charge in [0, 0.05) is 4.88 Å². The zero-order valence-electron chi connectivity index (χ0n) is 13.4. The van der Waals surface area contributed by atoms with Crippen LogP contribution in [0.3, 0.4) is 0 Å². The number of aromatic hydroxyl groups is 1. The van der Waals surface area contributed by atoms with Crippen LogP contribution < -0.4 is 5.32 Å². The molecule has 0 saturated carbocycles. The van der Waals surface area contributed by atoms with Crippen molar-refractivity contribution in [2.45, 2.75) is 38.3 Å². The number of aryl methyl sites for hydroxylation is 2. The van der Waals surface area contributed by atoms with E-state index in [0.717, 1.165) is 34.4 Å². The third-order valence-corrected chi connectivity index (χ3v) is 5.77. The molecular formula is C18H19N3O2S. The molecule has 0 radical (unpaired) electrons. The number of aliphatic hydroxyl groups excluding tert-OH is 1. The molecular weight excluding hydrogens is 322 g/mol. The third-order valence-electron chi connectivity index (χ3n) is 4.57. The lowest BCUT2D eigenvalue weighted by molar-refractivity contribution is 0.160. The Morgan fingerprint density at radius 3 is 2.75 bits per heavy atom. The lowest BCUT2D eigenvalue weighted by atomic mass is 10.0. The van der Waals surface area contributed by atoms with Crippen LogP contribution in [0, 0.1) is 0 Å². The Balaban J connectivity index is 1.63. The maximum absolute atomic E-state index is 10.6. The zero-order valence-corrected chi connectivity index (χ0v) is 14.2. The molecule has 4 rings (SSSR count). The lowest BCUT2D eigenvalue weighted by Crippen LogP contribution is -2.24. The van der Waals surface area contributed by atoms with Gasteiger partial charge in [-0.2, -0.15) is 0 Å². The van der Waals surface area contributed by atoms with Crippen molar-refractivity contribution >= 4 is 27.4 Å². The summed E-state index contributed by atoms with van der Waals surface area (Å²) in [4.78, 5) is 11.3. The summed E-state index contributed by atoms with van der Waals surface area (Å²) in [6, 6.07) is 6.41. The second-order valence-electron chi connectivity index (χ2n) is 6.23. The summed E-state index contributed by atoms with van der Waals surface area (Å²) in [6.45, 7) is 1.93. The fraction of sp³-hybridized carbons (Fsp3) is 0.333. The standard InChI is InChI=1S/C18H19N3O2S/c1-10(16(23)11-5-7-12(22)8-6-11)21-17-15-13-3-2-4-14(13)24-18(15)20-9-19-17/h5-10,16,22-23H,2-4H2,1H3,(H,19,20,21)/t10-,16+/m1/s1. The van der Waals surface area contributed by atoms with E-state index < -0.39 is 6.10 Å². The fourth-order valence-electron chi connectivity index (χ4n) is 3.29. The summed E-state index contributed by atoms with van der Waals surface area (Å²) in [7, 11) is 0. The number of fused-ring (bicyclic) bond motifs is 3. The predicted molar refractivity (Wildman–Crippen MR) is 95.6 cm³/mol. The summed E-state index contributed by atoms with van der Waals surface area (Å²) in [5, 5.41) is 24.4. The number of phenols is 1. The van der Waals surface area contributed by atoms with Gasteiger partial charge in [0.05, 0.1) is 17.5 Å². The number of anilines is 1. The Morgan fingerprint density at radius 2 is 1.96 bits per heavy atom. The summed E-state index contributed by atoms with van der Waals surface area (Å²) in [5.41, 5.74) is 2.12. The molecule has 3 aromatic rings. The molecule has 0 aliphatic heterocycles. The number of thiophene rings is 1. The van der Waals surface area contributed by atoms with Crippen molar-refractivity contribution in [1.29, 1.82) is 0 Å². The van der Waals surface area contributed by atoms with Crippen LogP contribution >= 0.6 is 11.3 Å². The molecule has 1 aliphatic carbocycles. The van der Waals surface area contributed by atoms with Crippen LogP contribution in [0.2, 0.25) is 0 Å². The number of rotatable bonds is 4. The molecule has 0 saturated heterocycles. The van der Waals surface area contributed by atoms with E-state index in [1.165, 1.54) is 16.9 Å². The number of phenolic OH excluding ortho intramolecular Hbond substituents is 1. The summed E-state index contributed by atoms with van der Waals surface area (Å²) in [5.74, 6) is 0.989. The van der Waals surface area contributed by atoms with Crippen LogP contribution in [-0.2, 0) is 12.8 Å². The molecule has 2 heterocycles. The van der Waals surface area contributed by atoms with Gasteiger partial charge >= 0.3 is 0 Å². The van der Waals surface area contributed by atoms with Crippen molar-refractivity contribution in [3.8, 4) is 5.75 Å². The van der Waals surface area contributed by atoms with Gasteiger partial charge in [0.1, 0.15) is 22.7 Å². The number of hydrogen-bond donors (Lipinski definition) is 3. The number of benzene rings is 1. The van der Waals surface area contributed by atoms with Crippen LogP contribution in [0.4, 0.5) is 5.82 Å². The minimum Gasteiger partial charge on any atom is -0.508 e. The van der Waals surface area contributed by atoms with Crippen molar-refractivity contribution in [3.05, 3.63) is 46.6 Å². The van der Waals surface area contributed by atoms with Crippen molar-refractivity contribution in [2.24, 2.45) is 0 Å². The van der Waals surface area contributed by atoms with E-state index in [1.807, 2.05) is 6.92 Å². The molecule has 24 heavy (non-hydrogen) atoms. The normalized spacial score (nSPS) is 16.1. The number of nitrogens with zero attached hydrogens (tertiary/aromatic N) is 2. The Labute approximate surface area is 144 Å². The summed E-state index contributed by atoms with van der Waals surface area (Å²) in [6.07, 6.45) is 4.28. The molecule has 1 aliphatic rings. The second-order valence-corrected chi connectivity index (χ2v) is 7.31. The van der Waals surface area contributed by atoms with Gasteiger partial charge in [-0.3, -0.25) is 0 Å². The molecule has 5 nitrogen and oxygen atoms in total. The fourth-order valence-corrected chi connectivity index (χ4v) is 4.52. The van der Waals surface area contributed by atoms with Gasteiger partial charge in [-0.1, -0.05) is 12.1 Å². The number of aliphatic hydroxyl groups is 1. The predicted octanol–water partition coefficient (Wildman–Crippen LogP) is 3.42. The molecule has 0 bridgehead atoms. The molecule has 124 valence electrons. The van der Waals surface area contributed by atoms with Crippen LogP contribution in [0.1, 0.15) is 35.5 Å². The lowest BCUT2D eigenvalue weighted by Gasteiger charge is -2.21. The molecule has 2 atom stereocenters. The maximum Gasteiger partial charge on any atom is 0.138 e. The Bertz CT molecular complexity index is 876. The number of hydrogen-bond acceptors (Lipinski definition) is 6. The highest BCUT2D eigenvalue weighted by Gasteiger charge is 2.23. The minimum absolute atomic E-state index is 0.193. The van der Waals surface area contributed by atoms with Gasteiger partial charge in [-0.15, -0.1) is 11.3 Å². The Hall–Kier alpha value is -2.18. The van der Waals surface area contributed by atoms with Crippen LogP contribution in [0.25, 0.3) is 10.2 Å². The first kappa shape index (κ1) is 15.4. The van der Waals surface area contributed by atoms with Crippen LogP contribution in [0.15, 0.2) is 30.6 Å². The van der Waals surface area contributed by atoms with E-state index in [9.17, 15) is 10.2 Å². The van der Waals surface area contributed by atoms with Crippen molar-refractivity contribution in [2.75, 3.05) is 5.32 Å². The van der Waals surface area contributed by atoms with Gasteiger partial charge in [0.25, 0.3) is 0 Å². The van der Waals surface area contributed by atoms with Gasteiger partial charge in [0.15, 0.2) is 0 Å². The van der Waals surface area contributed by atoms with Gasteiger partial charge < -0.3 is 15.5 Å². The van der Waals surface area contributed by atoms with Crippen molar-refractivity contribution < 1.29 is 10.2 Å². The molecule has 6 heteroatoms. The highest BCUT2D eigenvalue weighted by Crippen LogP contribution is 2.39. The van der Waals surface area contributed by atoms with Gasteiger partial charge in [-0.25, -0.2) is 9.97 Å². The molecule has 0 spiro atoms. The van der Waals surface area contributed by atoms with Crippen molar-refractivity contribution in [3.63, 3.8) is 0 Å². The first-order valence-corrected chi connectivity index (χ1v) is 8.94. The molecule has 0 unspecified atom stereocenters. The van der Waals surface area contributed by atoms with E-state index in [2.05, 4.69) is 15.3 Å². The summed E-state index contributed by atoms with van der Waals surface area (Å²) < 4.78 is 0. The van der Waals surface area contributed by atoms with Crippen LogP contribution in [-0.4, -0.2) is 26.2 Å². The van der Waals surface area contributed by atoms with Crippen molar-refractivity contribution in [1.82, 2.24) is 9.97 Å². The second kappa shape index (κ2) is 6.03. The van der Waals surface area contributed by atoms with Crippen LogP contribution in [0.5, 0.6) is 5.75 Å². The molecule has 3 N–H and O–H groups in total. The maximum atomic E-state index is 10.6. The molecule has 2 aromatic heterocycles. The average molecular weight is 341 g/mol. The molecule has 1 aromatic carbocycles. The Morgan fingerprint density at radius 1 is 1.17 bits per heavy atom. The smallest absolute Gasteiger partial charge is 0.138 e. The SMILES string of the molecule is C[C@@H](Nc1ncnc2sc3c(c12)CCC3)[C@H](O)c1ccc(O)cc1. The highest BCUT2D eigenvalue weighted by atomic mass is 32.1. The monoisotopic (exact) mass is 341 g/mol. The topological polar surface area (TPSA) is 78.3 Å². The Kier molecular flexibility index (Phi) is 3.86. The first-order chi connectivity index (χ1) is 11.6. The number of nitrogens with one attached hydrogen (secondary N) is 1. The highest BCUT2D eigenvalue weighted by molar-refractivity contribution is 7.19. The largest absolute Gasteiger partial charge is 0.508 e. The van der Waals surface area contributed by atoms with E-state index >= 15 is 0 Å².